The van der Waals surface area contributed by atoms with Crippen molar-refractivity contribution in [3.63, 3.8) is 0 Å². The average molecular weight is 351 g/mol. The quantitative estimate of drug-likeness (QED) is 0.567. The van der Waals surface area contributed by atoms with Gasteiger partial charge in [-0.1, -0.05) is 41.9 Å². The van der Waals surface area contributed by atoms with Crippen LogP contribution < -0.4 is 5.56 Å². The second kappa shape index (κ2) is 6.18. The molecule has 0 unspecified atom stereocenters. The van der Waals surface area contributed by atoms with Crippen molar-refractivity contribution in [2.45, 2.75) is 13.5 Å². The van der Waals surface area contributed by atoms with Crippen LogP contribution in [0, 0.1) is 6.92 Å². The van der Waals surface area contributed by atoms with E-state index in [2.05, 4.69) is 10.1 Å². The minimum Gasteiger partial charge on any atom is -0.294 e. The van der Waals surface area contributed by atoms with Gasteiger partial charge in [-0.2, -0.15) is 5.10 Å². The number of fused-ring (bicyclic) bond motifs is 1. The number of aromatic nitrogens is 4. The highest BCUT2D eigenvalue weighted by Gasteiger charge is 2.12. The molecular formula is C19H15ClN4O. The van der Waals surface area contributed by atoms with E-state index in [4.69, 9.17) is 11.6 Å². The zero-order valence-electron chi connectivity index (χ0n) is 13.6. The number of halogens is 1. The van der Waals surface area contributed by atoms with Crippen LogP contribution in [-0.2, 0) is 6.54 Å². The molecule has 0 bridgehead atoms. The average Bonchev–Trinajstić information content (AvgIpc) is 3.04. The van der Waals surface area contributed by atoms with Crippen molar-refractivity contribution in [3.8, 4) is 5.69 Å². The summed E-state index contributed by atoms with van der Waals surface area (Å²) in [5, 5.41) is 5.54. The molecule has 0 atom stereocenters. The summed E-state index contributed by atoms with van der Waals surface area (Å²) in [4.78, 5) is 17.2. The third-order valence-corrected chi connectivity index (χ3v) is 4.42. The van der Waals surface area contributed by atoms with Crippen molar-refractivity contribution in [1.82, 2.24) is 19.3 Å². The first-order chi connectivity index (χ1) is 12.1. The van der Waals surface area contributed by atoms with E-state index < -0.39 is 0 Å². The first-order valence-corrected chi connectivity index (χ1v) is 8.25. The molecule has 2 aromatic heterocycles. The van der Waals surface area contributed by atoms with Crippen LogP contribution in [0.1, 0.15) is 11.1 Å². The fraction of sp³-hybridized carbons (Fsp3) is 0.105. The summed E-state index contributed by atoms with van der Waals surface area (Å²) in [6, 6.07) is 15.3. The van der Waals surface area contributed by atoms with Gasteiger partial charge in [-0.25, -0.2) is 9.67 Å². The van der Waals surface area contributed by atoms with E-state index in [1.807, 2.05) is 55.5 Å². The maximum Gasteiger partial charge on any atom is 0.264 e. The van der Waals surface area contributed by atoms with Gasteiger partial charge in [-0.3, -0.25) is 9.36 Å². The third kappa shape index (κ3) is 2.83. The van der Waals surface area contributed by atoms with Gasteiger partial charge in [0.05, 0.1) is 18.4 Å². The zero-order chi connectivity index (χ0) is 17.4. The Morgan fingerprint density at radius 3 is 2.60 bits per heavy atom. The number of nitrogens with zero attached hydrogens (tertiary/aromatic N) is 4. The fourth-order valence-corrected chi connectivity index (χ4v) is 2.95. The van der Waals surface area contributed by atoms with Crippen LogP contribution in [0.4, 0.5) is 0 Å². The van der Waals surface area contributed by atoms with Gasteiger partial charge in [-0.05, 0) is 36.2 Å². The predicted molar refractivity (Wildman–Crippen MR) is 98.4 cm³/mol. The minimum atomic E-state index is -0.111. The number of benzene rings is 2. The Labute approximate surface area is 149 Å². The minimum absolute atomic E-state index is 0.111. The van der Waals surface area contributed by atoms with Gasteiger partial charge in [-0.15, -0.1) is 0 Å². The zero-order valence-corrected chi connectivity index (χ0v) is 14.3. The Hall–Kier alpha value is -2.92. The van der Waals surface area contributed by atoms with E-state index in [1.165, 1.54) is 0 Å². The predicted octanol–water partition coefficient (Wildman–Crippen LogP) is 3.59. The Morgan fingerprint density at radius 2 is 1.84 bits per heavy atom. The summed E-state index contributed by atoms with van der Waals surface area (Å²) < 4.78 is 3.29. The van der Waals surface area contributed by atoms with Gasteiger partial charge >= 0.3 is 0 Å². The summed E-state index contributed by atoms with van der Waals surface area (Å²) >= 11 is 5.91. The molecule has 25 heavy (non-hydrogen) atoms. The van der Waals surface area contributed by atoms with Crippen molar-refractivity contribution in [3.05, 3.63) is 87.6 Å². The molecular weight excluding hydrogens is 336 g/mol. The maximum atomic E-state index is 12.8. The number of aryl methyl sites for hydroxylation is 1. The van der Waals surface area contributed by atoms with Crippen LogP contribution >= 0.6 is 11.6 Å². The monoisotopic (exact) mass is 350 g/mol. The summed E-state index contributed by atoms with van der Waals surface area (Å²) in [5.41, 5.74) is 3.42. The molecule has 0 amide bonds. The van der Waals surface area contributed by atoms with Crippen LogP contribution in [0.25, 0.3) is 16.7 Å². The second-order valence-corrected chi connectivity index (χ2v) is 6.32. The Balaban J connectivity index is 1.78. The third-order valence-electron chi connectivity index (χ3n) is 4.16. The lowest BCUT2D eigenvalue weighted by atomic mass is 10.2. The molecule has 4 rings (SSSR count). The lowest BCUT2D eigenvalue weighted by molar-refractivity contribution is 0.745. The van der Waals surface area contributed by atoms with E-state index in [9.17, 15) is 4.79 Å². The number of para-hydroxylation sites is 1. The summed E-state index contributed by atoms with van der Waals surface area (Å²) in [6.45, 7) is 2.44. The normalized spacial score (nSPS) is 11.1. The molecule has 6 heteroatoms. The van der Waals surface area contributed by atoms with Gasteiger partial charge in [0.1, 0.15) is 11.7 Å². The molecule has 0 aliphatic carbocycles. The Bertz CT molecular complexity index is 1110. The van der Waals surface area contributed by atoms with Gasteiger partial charge in [0.2, 0.25) is 0 Å². The van der Waals surface area contributed by atoms with Crippen LogP contribution in [0.5, 0.6) is 0 Å². The van der Waals surface area contributed by atoms with Crippen molar-refractivity contribution >= 4 is 22.6 Å². The number of rotatable bonds is 3. The first-order valence-electron chi connectivity index (χ1n) is 7.87. The topological polar surface area (TPSA) is 52.7 Å². The molecule has 124 valence electrons. The molecule has 0 radical (unpaired) electrons. The SMILES string of the molecule is Cc1ccccc1-n1ncc2c(=O)n(Cc3ccc(Cl)cc3)cnc21. The number of hydrogen-bond acceptors (Lipinski definition) is 3. The lowest BCUT2D eigenvalue weighted by Gasteiger charge is -2.08. The molecule has 2 heterocycles. The smallest absolute Gasteiger partial charge is 0.264 e. The molecule has 2 aromatic carbocycles. The van der Waals surface area contributed by atoms with Crippen molar-refractivity contribution in [1.29, 1.82) is 0 Å². The van der Waals surface area contributed by atoms with E-state index >= 15 is 0 Å². The number of hydrogen-bond donors (Lipinski definition) is 0. The maximum absolute atomic E-state index is 12.8. The van der Waals surface area contributed by atoms with Crippen molar-refractivity contribution in [2.75, 3.05) is 0 Å². The summed E-state index contributed by atoms with van der Waals surface area (Å²) in [5.74, 6) is 0. The first kappa shape index (κ1) is 15.6. The fourth-order valence-electron chi connectivity index (χ4n) is 2.83. The molecule has 0 aliphatic rings. The van der Waals surface area contributed by atoms with Gasteiger partial charge in [0.25, 0.3) is 5.56 Å². The molecule has 0 fully saturated rings. The van der Waals surface area contributed by atoms with E-state index in [-0.39, 0.29) is 5.56 Å². The lowest BCUT2D eigenvalue weighted by Crippen LogP contribution is -2.21. The van der Waals surface area contributed by atoms with Crippen molar-refractivity contribution in [2.24, 2.45) is 0 Å². The molecule has 5 nitrogen and oxygen atoms in total. The summed E-state index contributed by atoms with van der Waals surface area (Å²) in [7, 11) is 0. The Morgan fingerprint density at radius 1 is 1.08 bits per heavy atom. The highest BCUT2D eigenvalue weighted by atomic mass is 35.5. The van der Waals surface area contributed by atoms with Crippen LogP contribution in [0.2, 0.25) is 5.02 Å². The van der Waals surface area contributed by atoms with Crippen molar-refractivity contribution < 1.29 is 0 Å². The highest BCUT2D eigenvalue weighted by molar-refractivity contribution is 6.30. The van der Waals surface area contributed by atoms with E-state index in [0.29, 0.717) is 22.6 Å². The highest BCUT2D eigenvalue weighted by Crippen LogP contribution is 2.17. The van der Waals surface area contributed by atoms with Crippen LogP contribution in [0.15, 0.2) is 65.8 Å². The van der Waals surface area contributed by atoms with Crippen LogP contribution in [0.3, 0.4) is 0 Å². The summed E-state index contributed by atoms with van der Waals surface area (Å²) in [6.07, 6.45) is 3.14. The van der Waals surface area contributed by atoms with Gasteiger partial charge < -0.3 is 0 Å². The largest absolute Gasteiger partial charge is 0.294 e. The standard InChI is InChI=1S/C19H15ClN4O/c1-13-4-2-3-5-17(13)24-18-16(10-22-24)19(25)23(12-21-18)11-14-6-8-15(20)9-7-14/h2-10,12H,11H2,1H3. The molecule has 0 saturated heterocycles. The van der Waals surface area contributed by atoms with E-state index in [1.54, 1.807) is 21.8 Å². The molecule has 0 aliphatic heterocycles. The molecule has 4 aromatic rings. The molecule has 0 spiro atoms. The molecule has 0 N–H and O–H groups in total. The van der Waals surface area contributed by atoms with Gasteiger partial charge in [0, 0.05) is 5.02 Å². The Kier molecular flexibility index (Phi) is 3.86. The second-order valence-electron chi connectivity index (χ2n) is 5.88. The van der Waals surface area contributed by atoms with E-state index in [0.717, 1.165) is 16.8 Å². The van der Waals surface area contributed by atoms with Crippen LogP contribution in [-0.4, -0.2) is 19.3 Å². The van der Waals surface area contributed by atoms with Gasteiger partial charge in [0.15, 0.2) is 5.65 Å². The molecule has 0 saturated carbocycles.